The van der Waals surface area contributed by atoms with Crippen molar-refractivity contribution in [1.82, 2.24) is 5.32 Å². The Labute approximate surface area is 126 Å². The molecular weight excluding hydrogens is 268 g/mol. The zero-order chi connectivity index (χ0) is 16.0. The van der Waals surface area contributed by atoms with Crippen LogP contribution in [0.15, 0.2) is 18.2 Å². The predicted octanol–water partition coefficient (Wildman–Crippen LogP) is 1.74. The third-order valence-corrected chi connectivity index (χ3v) is 3.38. The molecule has 0 heterocycles. The van der Waals surface area contributed by atoms with E-state index in [4.69, 9.17) is 15.2 Å². The number of methoxy groups -OCH3 is 2. The maximum atomic E-state index is 11.9. The minimum atomic E-state index is -0.511. The second-order valence-corrected chi connectivity index (χ2v) is 6.07. The number of hydrogen-bond acceptors (Lipinski definition) is 4. The number of nitrogens with two attached hydrogens (primary N) is 1. The summed E-state index contributed by atoms with van der Waals surface area (Å²) >= 11 is 0. The quantitative estimate of drug-likeness (QED) is 0.838. The Bertz CT molecular complexity index is 481. The maximum absolute atomic E-state index is 11.9. The molecule has 3 N–H and O–H groups in total. The zero-order valence-corrected chi connectivity index (χ0v) is 13.5. The molecule has 1 atom stereocenters. The van der Waals surface area contributed by atoms with Crippen molar-refractivity contribution >= 4 is 5.91 Å². The standard InChI is InChI=1S/C16H26N2O3/c1-16(2,3)14(17)15(19)18-9-8-11-6-7-12(20-4)13(10-11)21-5/h6-7,10,14H,8-9,17H2,1-5H3,(H,18,19)/t14-/m0/s1. The maximum Gasteiger partial charge on any atom is 0.237 e. The summed E-state index contributed by atoms with van der Waals surface area (Å²) in [6.45, 7) is 6.39. The normalized spacial score (nSPS) is 12.7. The topological polar surface area (TPSA) is 73.6 Å². The lowest BCUT2D eigenvalue weighted by atomic mass is 9.87. The Balaban J connectivity index is 2.55. The summed E-state index contributed by atoms with van der Waals surface area (Å²) < 4.78 is 10.4. The van der Waals surface area contributed by atoms with E-state index in [0.717, 1.165) is 5.56 Å². The summed E-state index contributed by atoms with van der Waals surface area (Å²) in [5, 5.41) is 2.87. The van der Waals surface area contributed by atoms with E-state index in [2.05, 4.69) is 5.32 Å². The minimum Gasteiger partial charge on any atom is -0.493 e. The molecule has 0 aliphatic heterocycles. The van der Waals surface area contributed by atoms with Gasteiger partial charge in [-0.15, -0.1) is 0 Å². The van der Waals surface area contributed by atoms with Crippen LogP contribution in [0.5, 0.6) is 11.5 Å². The third-order valence-electron chi connectivity index (χ3n) is 3.38. The van der Waals surface area contributed by atoms with Gasteiger partial charge in [-0.25, -0.2) is 0 Å². The lowest BCUT2D eigenvalue weighted by Gasteiger charge is -2.25. The first-order chi connectivity index (χ1) is 9.79. The van der Waals surface area contributed by atoms with E-state index in [1.807, 2.05) is 39.0 Å². The molecule has 0 aliphatic rings. The zero-order valence-electron chi connectivity index (χ0n) is 13.5. The van der Waals surface area contributed by atoms with E-state index in [0.29, 0.717) is 24.5 Å². The first-order valence-corrected chi connectivity index (χ1v) is 7.03. The van der Waals surface area contributed by atoms with Gasteiger partial charge in [-0.2, -0.15) is 0 Å². The van der Waals surface area contributed by atoms with Gasteiger partial charge < -0.3 is 20.5 Å². The highest BCUT2D eigenvalue weighted by Crippen LogP contribution is 2.27. The molecule has 1 aromatic carbocycles. The molecule has 0 fully saturated rings. The van der Waals surface area contributed by atoms with Crippen molar-refractivity contribution in [2.45, 2.75) is 33.2 Å². The van der Waals surface area contributed by atoms with Crippen LogP contribution >= 0.6 is 0 Å². The molecule has 5 nitrogen and oxygen atoms in total. The van der Waals surface area contributed by atoms with Crippen LogP contribution in [0.25, 0.3) is 0 Å². The van der Waals surface area contributed by atoms with E-state index < -0.39 is 6.04 Å². The number of nitrogens with one attached hydrogen (secondary N) is 1. The fourth-order valence-electron chi connectivity index (χ4n) is 1.87. The van der Waals surface area contributed by atoms with Gasteiger partial charge in [-0.3, -0.25) is 4.79 Å². The van der Waals surface area contributed by atoms with Gasteiger partial charge in [0.05, 0.1) is 20.3 Å². The summed E-state index contributed by atoms with van der Waals surface area (Å²) in [5.74, 6) is 1.26. The van der Waals surface area contributed by atoms with Crippen LogP contribution in [0.1, 0.15) is 26.3 Å². The lowest BCUT2D eigenvalue weighted by molar-refractivity contribution is -0.124. The smallest absolute Gasteiger partial charge is 0.237 e. The molecule has 1 amide bonds. The Morgan fingerprint density at radius 3 is 2.38 bits per heavy atom. The van der Waals surface area contributed by atoms with Crippen LogP contribution in [0.3, 0.4) is 0 Å². The molecule has 0 aliphatic carbocycles. The minimum absolute atomic E-state index is 0.122. The summed E-state index contributed by atoms with van der Waals surface area (Å²) in [7, 11) is 3.21. The van der Waals surface area contributed by atoms with Gasteiger partial charge in [0.15, 0.2) is 11.5 Å². The SMILES string of the molecule is COc1ccc(CCNC(=O)[C@H](N)C(C)(C)C)cc1OC. The molecule has 0 unspecified atom stereocenters. The third kappa shape index (κ3) is 4.93. The first kappa shape index (κ1) is 17.3. The van der Waals surface area contributed by atoms with Crippen molar-refractivity contribution in [2.75, 3.05) is 20.8 Å². The number of carbonyl (C=O) groups is 1. The summed E-state index contributed by atoms with van der Waals surface area (Å²) in [6.07, 6.45) is 0.711. The highest BCUT2D eigenvalue weighted by molar-refractivity contribution is 5.82. The molecule has 1 rings (SSSR count). The van der Waals surface area contributed by atoms with E-state index in [1.165, 1.54) is 0 Å². The summed E-state index contributed by atoms with van der Waals surface area (Å²) in [6, 6.07) is 5.21. The van der Waals surface area contributed by atoms with E-state index in [9.17, 15) is 4.79 Å². The fraction of sp³-hybridized carbons (Fsp3) is 0.562. The summed E-state index contributed by atoms with van der Waals surface area (Å²) in [5.41, 5.74) is 6.73. The van der Waals surface area contributed by atoms with Crippen LogP contribution in [-0.2, 0) is 11.2 Å². The van der Waals surface area contributed by atoms with Crippen molar-refractivity contribution in [3.8, 4) is 11.5 Å². The average molecular weight is 294 g/mol. The van der Waals surface area contributed by atoms with E-state index >= 15 is 0 Å². The van der Waals surface area contributed by atoms with Crippen LogP contribution in [0, 0.1) is 5.41 Å². The number of benzene rings is 1. The number of carbonyl (C=O) groups excluding carboxylic acids is 1. The molecule has 0 spiro atoms. The number of ether oxygens (including phenoxy) is 2. The molecule has 0 aromatic heterocycles. The van der Waals surface area contributed by atoms with Crippen LogP contribution in [0.4, 0.5) is 0 Å². The van der Waals surface area contributed by atoms with E-state index in [1.54, 1.807) is 14.2 Å². The van der Waals surface area contributed by atoms with E-state index in [-0.39, 0.29) is 11.3 Å². The first-order valence-electron chi connectivity index (χ1n) is 7.03. The Morgan fingerprint density at radius 1 is 1.24 bits per heavy atom. The molecule has 5 heteroatoms. The Morgan fingerprint density at radius 2 is 1.86 bits per heavy atom. The molecule has 21 heavy (non-hydrogen) atoms. The summed E-state index contributed by atoms with van der Waals surface area (Å²) in [4.78, 5) is 11.9. The Hall–Kier alpha value is -1.75. The van der Waals surface area contributed by atoms with Crippen molar-refractivity contribution in [3.63, 3.8) is 0 Å². The molecule has 118 valence electrons. The van der Waals surface area contributed by atoms with Crippen LogP contribution in [0.2, 0.25) is 0 Å². The highest BCUT2D eigenvalue weighted by atomic mass is 16.5. The molecule has 0 bridgehead atoms. The number of hydrogen-bond donors (Lipinski definition) is 2. The highest BCUT2D eigenvalue weighted by Gasteiger charge is 2.26. The fourth-order valence-corrected chi connectivity index (χ4v) is 1.87. The van der Waals surface area contributed by atoms with Crippen molar-refractivity contribution in [2.24, 2.45) is 11.1 Å². The van der Waals surface area contributed by atoms with Crippen molar-refractivity contribution in [1.29, 1.82) is 0 Å². The van der Waals surface area contributed by atoms with Gasteiger partial charge in [-0.05, 0) is 29.5 Å². The van der Waals surface area contributed by atoms with Gasteiger partial charge in [0.1, 0.15) is 0 Å². The molecule has 1 aromatic rings. The molecule has 0 saturated carbocycles. The molecule has 0 saturated heterocycles. The number of rotatable bonds is 6. The van der Waals surface area contributed by atoms with Crippen molar-refractivity contribution in [3.05, 3.63) is 23.8 Å². The largest absolute Gasteiger partial charge is 0.493 e. The predicted molar refractivity (Wildman–Crippen MR) is 83.7 cm³/mol. The van der Waals surface area contributed by atoms with Crippen molar-refractivity contribution < 1.29 is 14.3 Å². The monoisotopic (exact) mass is 294 g/mol. The van der Waals surface area contributed by atoms with Gasteiger partial charge >= 0.3 is 0 Å². The van der Waals surface area contributed by atoms with Crippen LogP contribution < -0.4 is 20.5 Å². The lowest BCUT2D eigenvalue weighted by Crippen LogP contribution is -2.48. The van der Waals surface area contributed by atoms with Gasteiger partial charge in [0, 0.05) is 6.54 Å². The Kier molecular flexibility index (Phi) is 6.03. The second-order valence-electron chi connectivity index (χ2n) is 6.07. The van der Waals surface area contributed by atoms with Gasteiger partial charge in [0.25, 0.3) is 0 Å². The van der Waals surface area contributed by atoms with Gasteiger partial charge in [-0.1, -0.05) is 26.8 Å². The average Bonchev–Trinajstić information content (AvgIpc) is 2.45. The molecular formula is C16H26N2O3. The number of amides is 1. The van der Waals surface area contributed by atoms with Gasteiger partial charge in [0.2, 0.25) is 5.91 Å². The van der Waals surface area contributed by atoms with Crippen LogP contribution in [-0.4, -0.2) is 32.7 Å². The second kappa shape index (κ2) is 7.31. The molecule has 0 radical (unpaired) electrons.